The first-order valence-electron chi connectivity index (χ1n) is 2.57. The van der Waals surface area contributed by atoms with Gasteiger partial charge in [-0.15, -0.1) is 0 Å². The Morgan fingerprint density at radius 1 is 0.688 bits per heavy atom. The van der Waals surface area contributed by atoms with E-state index in [9.17, 15) is 0 Å². The Labute approximate surface area is 103 Å². The molecule has 0 aliphatic heterocycles. The third-order valence-corrected chi connectivity index (χ3v) is 1.07. The van der Waals surface area contributed by atoms with Crippen molar-refractivity contribution in [2.75, 3.05) is 0 Å². The second-order valence-corrected chi connectivity index (χ2v) is 1.63. The van der Waals surface area contributed by atoms with E-state index in [1.54, 1.807) is 18.7 Å². The summed E-state index contributed by atoms with van der Waals surface area (Å²) < 4.78 is 0. The number of fused-ring (bicyclic) bond motifs is 1. The van der Waals surface area contributed by atoms with Crippen LogP contribution in [0.3, 0.4) is 0 Å². The molecule has 2 rings (SSSR count). The van der Waals surface area contributed by atoms with Gasteiger partial charge in [0.2, 0.25) is 0 Å². The monoisotopic (exact) mass is 232 g/mol. The van der Waals surface area contributed by atoms with Crippen molar-refractivity contribution in [3.05, 3.63) is 18.7 Å². The maximum Gasteiger partial charge on any atom is 0.197 e. The molecule has 0 aliphatic carbocycles. The lowest BCUT2D eigenvalue weighted by Gasteiger charge is -1.80. The van der Waals surface area contributed by atoms with Crippen molar-refractivity contribution < 1.29 is 0 Å². The Balaban J connectivity index is -0.0000000357. The molecule has 4 heteroatoms. The number of nitrogens with one attached hydrogen (secondary N) is 1. The van der Waals surface area contributed by atoms with E-state index in [0.29, 0.717) is 5.65 Å². The van der Waals surface area contributed by atoms with Crippen LogP contribution in [0.2, 0.25) is 0 Å². The molecule has 4 nitrogen and oxygen atoms in total. The first-order valence-corrected chi connectivity index (χ1v) is 2.57. The number of imidazole rings is 1. The van der Waals surface area contributed by atoms with Crippen molar-refractivity contribution >= 4 is 11.3 Å². The van der Waals surface area contributed by atoms with Crippen LogP contribution in [0.5, 0.6) is 0 Å². The van der Waals surface area contributed by atoms with E-state index < -0.39 is 0 Å². The number of rotatable bonds is 0. The van der Waals surface area contributed by atoms with Crippen LogP contribution in [0.1, 0.15) is 52.0 Å². The van der Waals surface area contributed by atoms with Gasteiger partial charge in [0.05, 0.1) is 6.33 Å². The molecule has 0 aromatic carbocycles. The highest BCUT2D eigenvalue weighted by molar-refractivity contribution is 5.63. The van der Waals surface area contributed by atoms with Crippen LogP contribution in [-0.4, -0.2) is 19.9 Å². The fourth-order valence-electron chi connectivity index (χ4n) is 0.682. The highest BCUT2D eigenvalue weighted by Gasteiger charge is 1.91. The maximum atomic E-state index is 3.96. The van der Waals surface area contributed by atoms with Crippen molar-refractivity contribution in [3.8, 4) is 0 Å². The fraction of sp³-hybridized carbons (Fsp3) is 0.583. The smallest absolute Gasteiger partial charge is 0.197 e. The Morgan fingerprint density at radius 3 is 1.69 bits per heavy atom. The molecule has 0 saturated carbocycles. The average Bonchev–Trinajstić information content (AvgIpc) is 2.33. The average molecular weight is 232 g/mol. The minimum absolute atomic E-state index is 0. The summed E-state index contributed by atoms with van der Waals surface area (Å²) in [5.41, 5.74) is 1.40. The predicted molar refractivity (Wildman–Crippen MR) is 78.8 cm³/mol. The molecule has 0 unspecified atom stereocenters. The van der Waals surface area contributed by atoms with Gasteiger partial charge in [-0.05, 0) is 0 Å². The fourth-order valence-corrected chi connectivity index (χ4v) is 0.682. The summed E-state index contributed by atoms with van der Waals surface area (Å²) in [5.74, 6) is 0. The zero-order valence-electron chi connectivity index (χ0n) is 4.57. The van der Waals surface area contributed by atoms with Gasteiger partial charge >= 0.3 is 0 Å². The minimum Gasteiger partial charge on any atom is -0.328 e. The molecule has 100 valence electrons. The molecule has 2 aromatic heterocycles. The molecule has 2 aromatic rings. The maximum absolute atomic E-state index is 3.96. The Hall–Kier alpha value is -1.45. The van der Waals surface area contributed by atoms with Crippen molar-refractivity contribution in [3.63, 3.8) is 0 Å². The summed E-state index contributed by atoms with van der Waals surface area (Å²) >= 11 is 0. The van der Waals surface area contributed by atoms with E-state index in [0.717, 1.165) is 5.65 Å². The van der Waals surface area contributed by atoms with Gasteiger partial charge in [-0.2, -0.15) is 0 Å². The topological polar surface area (TPSA) is 54.5 Å². The van der Waals surface area contributed by atoms with Crippen LogP contribution >= 0.6 is 0 Å². The highest BCUT2D eigenvalue weighted by Crippen LogP contribution is 1.96. The van der Waals surface area contributed by atoms with Gasteiger partial charge in [0.1, 0.15) is 0 Å². The third kappa shape index (κ3) is 6.92. The molecule has 0 amide bonds. The first-order chi connectivity index (χ1) is 4.47. The van der Waals surface area contributed by atoms with Crippen molar-refractivity contribution in [1.82, 2.24) is 19.9 Å². The summed E-state index contributed by atoms with van der Waals surface area (Å²) in [5, 5.41) is 0. The lowest BCUT2D eigenvalue weighted by atomic mass is 10.7. The van der Waals surface area contributed by atoms with Gasteiger partial charge in [0.15, 0.2) is 11.3 Å². The Kier molecular flexibility index (Phi) is 36.5. The summed E-state index contributed by atoms with van der Waals surface area (Å²) in [4.78, 5) is 14.6. The van der Waals surface area contributed by atoms with E-state index in [2.05, 4.69) is 19.9 Å². The molecule has 1 N–H and O–H groups in total. The van der Waals surface area contributed by atoms with Gasteiger partial charge in [-0.3, -0.25) is 0 Å². The van der Waals surface area contributed by atoms with Crippen LogP contribution in [-0.2, 0) is 0 Å². The molecule has 0 aliphatic rings. The second kappa shape index (κ2) is 16.0. The zero-order valence-corrected chi connectivity index (χ0v) is 4.57. The highest BCUT2D eigenvalue weighted by atomic mass is 15.0. The summed E-state index contributed by atoms with van der Waals surface area (Å²) in [7, 11) is 0. The van der Waals surface area contributed by atoms with E-state index in [1.807, 2.05) is 0 Å². The Morgan fingerprint density at radius 2 is 1.19 bits per heavy atom. The molecular weight excluding hydrogens is 200 g/mol. The van der Waals surface area contributed by atoms with Crippen LogP contribution in [0, 0.1) is 0 Å². The van der Waals surface area contributed by atoms with Crippen LogP contribution in [0.15, 0.2) is 18.7 Å². The normalized spacial score (nSPS) is 5.75. The first kappa shape index (κ1) is 36.5. The SMILES string of the molecule is C.C.C.C.C.C.C.c1cnc2[nH]cnc2n1. The van der Waals surface area contributed by atoms with E-state index in [-0.39, 0.29) is 52.0 Å². The van der Waals surface area contributed by atoms with Crippen LogP contribution in [0.4, 0.5) is 0 Å². The molecular formula is C12H32N4. The number of nitrogens with zero attached hydrogens (tertiary/aromatic N) is 3. The van der Waals surface area contributed by atoms with Crippen molar-refractivity contribution in [2.24, 2.45) is 0 Å². The van der Waals surface area contributed by atoms with Crippen LogP contribution < -0.4 is 0 Å². The molecule has 2 heterocycles. The van der Waals surface area contributed by atoms with Gasteiger partial charge in [0, 0.05) is 12.4 Å². The van der Waals surface area contributed by atoms with Crippen LogP contribution in [0.25, 0.3) is 11.3 Å². The lowest BCUT2D eigenvalue weighted by molar-refractivity contribution is 1.26. The molecule has 0 atom stereocenters. The van der Waals surface area contributed by atoms with Crippen molar-refractivity contribution in [1.29, 1.82) is 0 Å². The number of hydrogen-bond acceptors (Lipinski definition) is 3. The number of aromatic amines is 1. The Bertz CT molecular complexity index is 287. The number of aromatic nitrogens is 4. The molecule has 0 saturated heterocycles. The molecule has 16 heavy (non-hydrogen) atoms. The van der Waals surface area contributed by atoms with Gasteiger partial charge in [-0.25, -0.2) is 15.0 Å². The quantitative estimate of drug-likeness (QED) is 0.709. The number of H-pyrrole nitrogens is 1. The lowest BCUT2D eigenvalue weighted by Crippen LogP contribution is -1.77. The van der Waals surface area contributed by atoms with Crippen molar-refractivity contribution in [2.45, 2.75) is 52.0 Å². The van der Waals surface area contributed by atoms with E-state index >= 15 is 0 Å². The molecule has 0 radical (unpaired) electrons. The molecule has 0 spiro atoms. The second-order valence-electron chi connectivity index (χ2n) is 1.63. The predicted octanol–water partition coefficient (Wildman–Crippen LogP) is 4.81. The summed E-state index contributed by atoms with van der Waals surface area (Å²) in [6.07, 6.45) is 4.81. The summed E-state index contributed by atoms with van der Waals surface area (Å²) in [6, 6.07) is 0. The molecule has 0 bridgehead atoms. The molecule has 0 fully saturated rings. The van der Waals surface area contributed by atoms with Gasteiger partial charge < -0.3 is 4.98 Å². The number of hydrogen-bond donors (Lipinski definition) is 1. The summed E-state index contributed by atoms with van der Waals surface area (Å²) in [6.45, 7) is 0. The van der Waals surface area contributed by atoms with E-state index in [1.165, 1.54) is 0 Å². The van der Waals surface area contributed by atoms with Gasteiger partial charge in [0.25, 0.3) is 0 Å². The third-order valence-electron chi connectivity index (χ3n) is 1.07. The largest absolute Gasteiger partial charge is 0.328 e. The van der Waals surface area contributed by atoms with E-state index in [4.69, 9.17) is 0 Å². The zero-order chi connectivity index (χ0) is 6.10. The van der Waals surface area contributed by atoms with Gasteiger partial charge in [-0.1, -0.05) is 52.0 Å². The standard InChI is InChI=1S/C5H4N4.7CH4/c1-2-7-5-4(6-1)8-3-9-5;;;;;;;/h1-3H,(H,6,7,8,9);7*1H4. The minimum atomic E-state index is 0.